The van der Waals surface area contributed by atoms with Crippen molar-refractivity contribution >= 4 is 17.6 Å². The Bertz CT molecular complexity index is 818. The summed E-state index contributed by atoms with van der Waals surface area (Å²) in [6.07, 6.45) is 1.02. The highest BCUT2D eigenvalue weighted by atomic mass is 19.1. The molecule has 28 heavy (non-hydrogen) atoms. The van der Waals surface area contributed by atoms with Crippen molar-refractivity contribution in [3.8, 4) is 5.75 Å². The Kier molecular flexibility index (Phi) is 6.47. The van der Waals surface area contributed by atoms with Gasteiger partial charge in [-0.2, -0.15) is 0 Å². The molecule has 2 aromatic carbocycles. The lowest BCUT2D eigenvalue weighted by molar-refractivity contribution is -0.132. The number of nitrogens with one attached hydrogen (secondary N) is 1. The molecule has 3 rings (SSSR count). The van der Waals surface area contributed by atoms with E-state index in [4.69, 9.17) is 4.74 Å². The maximum atomic E-state index is 12.9. The fourth-order valence-electron chi connectivity index (χ4n) is 3.20. The van der Waals surface area contributed by atoms with Gasteiger partial charge in [0.15, 0.2) is 0 Å². The van der Waals surface area contributed by atoms with Gasteiger partial charge >= 0.3 is 6.03 Å². The van der Waals surface area contributed by atoms with Crippen LogP contribution in [0.3, 0.4) is 0 Å². The second kappa shape index (κ2) is 9.21. The Labute approximate surface area is 163 Å². The first-order valence-corrected chi connectivity index (χ1v) is 9.28. The molecule has 2 aromatic rings. The van der Waals surface area contributed by atoms with Crippen LogP contribution in [0.2, 0.25) is 0 Å². The highest BCUT2D eigenvalue weighted by molar-refractivity contribution is 5.89. The average Bonchev–Trinajstić information content (AvgIpc) is 2.74. The number of aryl methyl sites for hydroxylation is 1. The minimum atomic E-state index is -0.349. The van der Waals surface area contributed by atoms with E-state index in [0.29, 0.717) is 44.7 Å². The number of carbonyl (C=O) groups excluding carboxylic acids is 2. The molecule has 0 unspecified atom stereocenters. The molecule has 0 aliphatic carbocycles. The van der Waals surface area contributed by atoms with Crippen LogP contribution < -0.4 is 10.1 Å². The number of hydrogen-bond donors (Lipinski definition) is 1. The van der Waals surface area contributed by atoms with Crippen molar-refractivity contribution in [3.63, 3.8) is 0 Å². The van der Waals surface area contributed by atoms with Crippen molar-refractivity contribution in [3.05, 3.63) is 59.9 Å². The highest BCUT2D eigenvalue weighted by Gasteiger charge is 2.24. The molecule has 7 heteroatoms. The molecule has 1 aliphatic rings. The van der Waals surface area contributed by atoms with Crippen molar-refractivity contribution < 1.29 is 18.7 Å². The van der Waals surface area contributed by atoms with E-state index < -0.39 is 0 Å². The van der Waals surface area contributed by atoms with E-state index in [-0.39, 0.29) is 17.8 Å². The van der Waals surface area contributed by atoms with Gasteiger partial charge in [-0.1, -0.05) is 18.2 Å². The van der Waals surface area contributed by atoms with Gasteiger partial charge in [0.05, 0.1) is 7.11 Å². The summed E-state index contributed by atoms with van der Waals surface area (Å²) < 4.78 is 18.3. The summed E-state index contributed by atoms with van der Waals surface area (Å²) in [5.74, 6) is 0.514. The summed E-state index contributed by atoms with van der Waals surface area (Å²) in [4.78, 5) is 28.3. The van der Waals surface area contributed by atoms with E-state index in [2.05, 4.69) is 5.32 Å². The zero-order chi connectivity index (χ0) is 19.9. The first-order valence-electron chi connectivity index (χ1n) is 9.28. The van der Waals surface area contributed by atoms with Crippen LogP contribution in [0, 0.1) is 5.82 Å². The number of anilines is 1. The third kappa shape index (κ3) is 5.00. The molecule has 0 spiro atoms. The predicted octanol–water partition coefficient (Wildman–Crippen LogP) is 3.14. The SMILES string of the molecule is COc1ccccc1CCC(=O)N1CCN(C(=O)Nc2ccc(F)cc2)CC1. The highest BCUT2D eigenvalue weighted by Crippen LogP contribution is 2.19. The first-order chi connectivity index (χ1) is 13.6. The maximum absolute atomic E-state index is 12.9. The van der Waals surface area contributed by atoms with Crippen LogP contribution in [0.15, 0.2) is 48.5 Å². The Morgan fingerprint density at radius 1 is 1.00 bits per heavy atom. The minimum absolute atomic E-state index is 0.0736. The van der Waals surface area contributed by atoms with Gasteiger partial charge in [-0.05, 0) is 42.3 Å². The molecular weight excluding hydrogens is 361 g/mol. The molecule has 1 fully saturated rings. The number of ether oxygens (including phenoxy) is 1. The number of benzene rings is 2. The smallest absolute Gasteiger partial charge is 0.321 e. The van der Waals surface area contributed by atoms with Gasteiger partial charge in [0.1, 0.15) is 11.6 Å². The molecule has 6 nitrogen and oxygen atoms in total. The fourth-order valence-corrected chi connectivity index (χ4v) is 3.20. The van der Waals surface area contributed by atoms with Gasteiger partial charge in [0.25, 0.3) is 0 Å². The molecular formula is C21H24FN3O3. The normalized spacial score (nSPS) is 13.9. The lowest BCUT2D eigenvalue weighted by Crippen LogP contribution is -2.51. The van der Waals surface area contributed by atoms with Crippen molar-refractivity contribution in [2.24, 2.45) is 0 Å². The summed E-state index contributed by atoms with van der Waals surface area (Å²) in [7, 11) is 1.62. The van der Waals surface area contributed by atoms with E-state index in [1.54, 1.807) is 16.9 Å². The van der Waals surface area contributed by atoms with Gasteiger partial charge < -0.3 is 19.9 Å². The number of amides is 3. The summed E-state index contributed by atoms with van der Waals surface area (Å²) in [5.41, 5.74) is 1.55. The van der Waals surface area contributed by atoms with Gasteiger partial charge in [0.2, 0.25) is 5.91 Å². The predicted molar refractivity (Wildman–Crippen MR) is 105 cm³/mol. The van der Waals surface area contributed by atoms with Crippen LogP contribution in [0.4, 0.5) is 14.9 Å². The molecule has 0 atom stereocenters. The van der Waals surface area contributed by atoms with Crippen molar-refractivity contribution in [1.29, 1.82) is 0 Å². The molecule has 0 radical (unpaired) electrons. The summed E-state index contributed by atoms with van der Waals surface area (Å²) in [5, 5.41) is 2.75. The quantitative estimate of drug-likeness (QED) is 0.860. The van der Waals surface area contributed by atoms with Crippen LogP contribution in [0.5, 0.6) is 5.75 Å². The average molecular weight is 385 g/mol. The number of carbonyl (C=O) groups is 2. The largest absolute Gasteiger partial charge is 0.496 e. The molecule has 1 N–H and O–H groups in total. The number of piperazine rings is 1. The van der Waals surface area contributed by atoms with Crippen LogP contribution in [0.25, 0.3) is 0 Å². The number of halogens is 1. The molecule has 3 amide bonds. The van der Waals surface area contributed by atoms with Crippen LogP contribution in [-0.2, 0) is 11.2 Å². The minimum Gasteiger partial charge on any atom is -0.496 e. The van der Waals surface area contributed by atoms with Crippen LogP contribution in [0.1, 0.15) is 12.0 Å². The summed E-state index contributed by atoms with van der Waals surface area (Å²) in [6.45, 7) is 1.93. The van der Waals surface area contributed by atoms with Crippen molar-refractivity contribution in [2.45, 2.75) is 12.8 Å². The van der Waals surface area contributed by atoms with Crippen LogP contribution in [-0.4, -0.2) is 55.0 Å². The Balaban J connectivity index is 1.45. The second-order valence-corrected chi connectivity index (χ2v) is 6.62. The third-order valence-electron chi connectivity index (χ3n) is 4.82. The zero-order valence-corrected chi connectivity index (χ0v) is 15.9. The number of nitrogens with zero attached hydrogens (tertiary/aromatic N) is 2. The monoisotopic (exact) mass is 385 g/mol. The molecule has 148 valence electrons. The first kappa shape index (κ1) is 19.7. The van der Waals surface area contributed by atoms with Crippen molar-refractivity contribution in [2.75, 3.05) is 38.6 Å². The molecule has 0 saturated carbocycles. The molecule has 0 bridgehead atoms. The van der Waals surface area contributed by atoms with Gasteiger partial charge in [-0.25, -0.2) is 9.18 Å². The number of urea groups is 1. The molecule has 1 heterocycles. The van der Waals surface area contributed by atoms with E-state index in [0.717, 1.165) is 11.3 Å². The Morgan fingerprint density at radius 2 is 1.64 bits per heavy atom. The van der Waals surface area contributed by atoms with Crippen LogP contribution >= 0.6 is 0 Å². The van der Waals surface area contributed by atoms with Crippen molar-refractivity contribution in [1.82, 2.24) is 9.80 Å². The zero-order valence-electron chi connectivity index (χ0n) is 15.9. The van der Waals surface area contributed by atoms with E-state index in [1.165, 1.54) is 24.3 Å². The number of methoxy groups -OCH3 is 1. The topological polar surface area (TPSA) is 61.9 Å². The van der Waals surface area contributed by atoms with E-state index in [9.17, 15) is 14.0 Å². The lowest BCUT2D eigenvalue weighted by Gasteiger charge is -2.34. The fraction of sp³-hybridized carbons (Fsp3) is 0.333. The van der Waals surface area contributed by atoms with Gasteiger partial charge in [-0.15, -0.1) is 0 Å². The Hall–Kier alpha value is -3.09. The molecule has 0 aromatic heterocycles. The maximum Gasteiger partial charge on any atom is 0.321 e. The second-order valence-electron chi connectivity index (χ2n) is 6.62. The van der Waals surface area contributed by atoms with E-state index >= 15 is 0 Å². The lowest BCUT2D eigenvalue weighted by atomic mass is 10.1. The standard InChI is InChI=1S/C21H24FN3O3/c1-28-19-5-3-2-4-16(19)6-11-20(26)24-12-14-25(15-13-24)21(27)23-18-9-7-17(22)8-10-18/h2-5,7-10H,6,11-15H2,1H3,(H,23,27). The van der Waals surface area contributed by atoms with E-state index in [1.807, 2.05) is 24.3 Å². The third-order valence-corrected chi connectivity index (χ3v) is 4.82. The van der Waals surface area contributed by atoms with Gasteiger partial charge in [-0.3, -0.25) is 4.79 Å². The number of rotatable bonds is 5. The molecule has 1 saturated heterocycles. The van der Waals surface area contributed by atoms with Gasteiger partial charge in [0, 0.05) is 38.3 Å². The Morgan fingerprint density at radius 3 is 2.32 bits per heavy atom. The summed E-state index contributed by atoms with van der Waals surface area (Å²) in [6, 6.07) is 13.1. The number of hydrogen-bond acceptors (Lipinski definition) is 3. The summed E-state index contributed by atoms with van der Waals surface area (Å²) >= 11 is 0. The number of para-hydroxylation sites is 1. The molecule has 1 aliphatic heterocycles.